The Morgan fingerprint density at radius 1 is 1.25 bits per heavy atom. The summed E-state index contributed by atoms with van der Waals surface area (Å²) < 4.78 is 10.4. The average Bonchev–Trinajstić information content (AvgIpc) is 2.42. The fraction of sp³-hybridized carbons (Fsp3) is 0.375. The van der Waals surface area contributed by atoms with Crippen molar-refractivity contribution < 1.29 is 14.3 Å². The lowest BCUT2D eigenvalue weighted by Crippen LogP contribution is -2.25. The summed E-state index contributed by atoms with van der Waals surface area (Å²) in [6, 6.07) is 5.85. The number of benzene rings is 1. The lowest BCUT2D eigenvalue weighted by molar-refractivity contribution is -0.147. The van der Waals surface area contributed by atoms with Gasteiger partial charge in [0.1, 0.15) is 5.75 Å². The van der Waals surface area contributed by atoms with E-state index in [1.165, 1.54) is 12.7 Å². The van der Waals surface area contributed by atoms with E-state index in [1.54, 1.807) is 6.92 Å². The van der Waals surface area contributed by atoms with E-state index in [1.807, 2.05) is 32.0 Å². The zero-order valence-corrected chi connectivity index (χ0v) is 12.5. The number of fused-ring (bicyclic) bond motifs is 1. The van der Waals surface area contributed by atoms with Gasteiger partial charge in [-0.15, -0.1) is 0 Å². The highest BCUT2D eigenvalue weighted by Gasteiger charge is 2.17. The van der Waals surface area contributed by atoms with E-state index in [4.69, 9.17) is 4.74 Å². The number of nitrogens with zero attached hydrogens (tertiary/aromatic N) is 1. The summed E-state index contributed by atoms with van der Waals surface area (Å²) in [7, 11) is 1.35. The SMILES string of the molecule is COC(=O)C(C)Oc1cc(C)nc2c(C)c(C)ccc12. The molecule has 1 unspecified atom stereocenters. The van der Waals surface area contributed by atoms with Crippen LogP contribution >= 0.6 is 0 Å². The monoisotopic (exact) mass is 273 g/mol. The van der Waals surface area contributed by atoms with E-state index in [9.17, 15) is 4.79 Å². The van der Waals surface area contributed by atoms with Gasteiger partial charge >= 0.3 is 5.97 Å². The summed E-state index contributed by atoms with van der Waals surface area (Å²) in [5, 5.41) is 0.912. The maximum atomic E-state index is 11.5. The molecule has 1 atom stereocenters. The topological polar surface area (TPSA) is 48.4 Å². The average molecular weight is 273 g/mol. The van der Waals surface area contributed by atoms with Gasteiger partial charge in [0, 0.05) is 17.1 Å². The standard InChI is InChI=1S/C16H19NO3/c1-9-6-7-13-14(20-12(4)16(18)19-5)8-10(2)17-15(13)11(9)3/h6-8,12H,1-5H3. The molecule has 4 heteroatoms. The molecule has 0 N–H and O–H groups in total. The Morgan fingerprint density at radius 3 is 2.60 bits per heavy atom. The molecule has 4 nitrogen and oxygen atoms in total. The maximum Gasteiger partial charge on any atom is 0.346 e. The fourth-order valence-electron chi connectivity index (χ4n) is 2.12. The Morgan fingerprint density at radius 2 is 1.95 bits per heavy atom. The van der Waals surface area contributed by atoms with Gasteiger partial charge in [-0.25, -0.2) is 4.79 Å². The number of aryl methyl sites for hydroxylation is 3. The lowest BCUT2D eigenvalue weighted by Gasteiger charge is -2.16. The van der Waals surface area contributed by atoms with Gasteiger partial charge in [-0.2, -0.15) is 0 Å². The lowest BCUT2D eigenvalue weighted by atomic mass is 10.0. The summed E-state index contributed by atoms with van der Waals surface area (Å²) in [5.74, 6) is 0.268. The molecule has 0 aliphatic heterocycles. The molecule has 0 aliphatic carbocycles. The number of rotatable bonds is 3. The summed E-state index contributed by atoms with van der Waals surface area (Å²) in [5.41, 5.74) is 4.08. The Labute approximate surface area is 118 Å². The number of pyridine rings is 1. The summed E-state index contributed by atoms with van der Waals surface area (Å²) in [4.78, 5) is 16.1. The molecule has 0 amide bonds. The second-order valence-electron chi connectivity index (χ2n) is 4.95. The largest absolute Gasteiger partial charge is 0.478 e. The van der Waals surface area contributed by atoms with Crippen LogP contribution in [0.1, 0.15) is 23.7 Å². The quantitative estimate of drug-likeness (QED) is 0.806. The van der Waals surface area contributed by atoms with Crippen molar-refractivity contribution in [2.45, 2.75) is 33.8 Å². The molecule has 2 rings (SSSR count). The molecule has 0 radical (unpaired) electrons. The highest BCUT2D eigenvalue weighted by atomic mass is 16.6. The van der Waals surface area contributed by atoms with Crippen molar-refractivity contribution in [1.82, 2.24) is 4.98 Å². The highest BCUT2D eigenvalue weighted by Crippen LogP contribution is 2.29. The number of carbonyl (C=O) groups excluding carboxylic acids is 1. The second kappa shape index (κ2) is 5.49. The molecule has 0 saturated carbocycles. The first kappa shape index (κ1) is 14.3. The number of carbonyl (C=O) groups is 1. The summed E-state index contributed by atoms with van der Waals surface area (Å²) >= 11 is 0. The Bertz CT molecular complexity index is 664. The maximum absolute atomic E-state index is 11.5. The van der Waals surface area contributed by atoms with E-state index in [0.29, 0.717) is 5.75 Å². The van der Waals surface area contributed by atoms with Crippen LogP contribution in [0, 0.1) is 20.8 Å². The molecule has 0 fully saturated rings. The normalized spacial score (nSPS) is 12.2. The van der Waals surface area contributed by atoms with Gasteiger partial charge in [0.15, 0.2) is 6.10 Å². The molecule has 0 aliphatic rings. The van der Waals surface area contributed by atoms with Crippen LogP contribution in [0.3, 0.4) is 0 Å². The van der Waals surface area contributed by atoms with Crippen molar-refractivity contribution in [3.05, 3.63) is 35.0 Å². The zero-order chi connectivity index (χ0) is 14.9. The fourth-order valence-corrected chi connectivity index (χ4v) is 2.12. The molecule has 1 aromatic carbocycles. The molecule has 0 spiro atoms. The summed E-state index contributed by atoms with van der Waals surface area (Å²) in [6.45, 7) is 7.68. The van der Waals surface area contributed by atoms with Crippen LogP contribution < -0.4 is 4.74 Å². The van der Waals surface area contributed by atoms with Gasteiger partial charge in [-0.3, -0.25) is 4.98 Å². The van der Waals surface area contributed by atoms with Gasteiger partial charge < -0.3 is 9.47 Å². The first-order chi connectivity index (χ1) is 9.43. The van der Waals surface area contributed by atoms with Gasteiger partial charge in [-0.05, 0) is 44.9 Å². The van der Waals surface area contributed by atoms with E-state index in [2.05, 4.69) is 16.6 Å². The number of ether oxygens (including phenoxy) is 2. The molecule has 106 valence electrons. The van der Waals surface area contributed by atoms with Crippen LogP contribution in [0.4, 0.5) is 0 Å². The Hall–Kier alpha value is -2.10. The smallest absolute Gasteiger partial charge is 0.346 e. The third-order valence-electron chi connectivity index (χ3n) is 3.43. The van der Waals surface area contributed by atoms with Gasteiger partial charge in [0.2, 0.25) is 0 Å². The number of hydrogen-bond acceptors (Lipinski definition) is 4. The first-order valence-electron chi connectivity index (χ1n) is 6.56. The van der Waals surface area contributed by atoms with Crippen LogP contribution in [0.15, 0.2) is 18.2 Å². The molecule has 1 heterocycles. The third kappa shape index (κ3) is 2.59. The molecule has 20 heavy (non-hydrogen) atoms. The van der Waals surface area contributed by atoms with Crippen molar-refractivity contribution in [2.24, 2.45) is 0 Å². The molecule has 0 saturated heterocycles. The van der Waals surface area contributed by atoms with Crippen LogP contribution in [-0.4, -0.2) is 24.2 Å². The van der Waals surface area contributed by atoms with E-state index in [-0.39, 0.29) is 0 Å². The minimum absolute atomic E-state index is 0.392. The zero-order valence-electron chi connectivity index (χ0n) is 12.5. The van der Waals surface area contributed by atoms with Crippen molar-refractivity contribution >= 4 is 16.9 Å². The number of methoxy groups -OCH3 is 1. The third-order valence-corrected chi connectivity index (χ3v) is 3.43. The van der Waals surface area contributed by atoms with Gasteiger partial charge in [-0.1, -0.05) is 6.07 Å². The molecular weight excluding hydrogens is 254 g/mol. The van der Waals surface area contributed by atoms with Crippen molar-refractivity contribution in [3.63, 3.8) is 0 Å². The van der Waals surface area contributed by atoms with Gasteiger partial charge in [0.05, 0.1) is 12.6 Å². The predicted molar refractivity (Wildman–Crippen MR) is 78.1 cm³/mol. The Balaban J connectivity index is 2.53. The van der Waals surface area contributed by atoms with E-state index < -0.39 is 12.1 Å². The van der Waals surface area contributed by atoms with Crippen molar-refractivity contribution in [2.75, 3.05) is 7.11 Å². The predicted octanol–water partition coefficient (Wildman–Crippen LogP) is 3.10. The molecule has 1 aromatic heterocycles. The number of aromatic nitrogens is 1. The minimum Gasteiger partial charge on any atom is -0.478 e. The van der Waals surface area contributed by atoms with Crippen molar-refractivity contribution in [1.29, 1.82) is 0 Å². The van der Waals surface area contributed by atoms with E-state index in [0.717, 1.165) is 22.2 Å². The van der Waals surface area contributed by atoms with Crippen LogP contribution in [0.5, 0.6) is 5.75 Å². The molecular formula is C16H19NO3. The van der Waals surface area contributed by atoms with Crippen LogP contribution in [-0.2, 0) is 9.53 Å². The molecule has 2 aromatic rings. The second-order valence-corrected chi connectivity index (χ2v) is 4.95. The number of esters is 1. The molecule has 0 bridgehead atoms. The minimum atomic E-state index is -0.647. The van der Waals surface area contributed by atoms with Crippen molar-refractivity contribution in [3.8, 4) is 5.75 Å². The van der Waals surface area contributed by atoms with E-state index >= 15 is 0 Å². The van der Waals surface area contributed by atoms with Crippen LogP contribution in [0.25, 0.3) is 10.9 Å². The van der Waals surface area contributed by atoms with Gasteiger partial charge in [0.25, 0.3) is 0 Å². The number of hydrogen-bond donors (Lipinski definition) is 0. The summed E-state index contributed by atoms with van der Waals surface area (Å²) in [6.07, 6.45) is -0.647. The Kier molecular flexibility index (Phi) is 3.93. The highest BCUT2D eigenvalue weighted by molar-refractivity contribution is 5.89. The van der Waals surface area contributed by atoms with Crippen LogP contribution in [0.2, 0.25) is 0 Å². The first-order valence-corrected chi connectivity index (χ1v) is 6.56.